The lowest BCUT2D eigenvalue weighted by atomic mass is 10.1. The van der Waals surface area contributed by atoms with E-state index >= 15 is 0 Å². The van der Waals surface area contributed by atoms with Crippen LogP contribution in [0.4, 0.5) is 0 Å². The minimum Gasteiger partial charge on any atom is -0.481 e. The van der Waals surface area contributed by atoms with Crippen molar-refractivity contribution in [2.24, 2.45) is 5.41 Å². The van der Waals surface area contributed by atoms with Crippen LogP contribution in [0.2, 0.25) is 5.02 Å². The van der Waals surface area contributed by atoms with Crippen LogP contribution in [0.25, 0.3) is 5.69 Å². The summed E-state index contributed by atoms with van der Waals surface area (Å²) in [5.74, 6) is -1.08. The van der Waals surface area contributed by atoms with Gasteiger partial charge in [0.1, 0.15) is 0 Å². The molecule has 0 radical (unpaired) electrons. The molecule has 2 N–H and O–H groups in total. The zero-order valence-corrected chi connectivity index (χ0v) is 14.4. The molecule has 126 valence electrons. The molecule has 1 aromatic heterocycles. The quantitative estimate of drug-likeness (QED) is 0.872. The molecule has 1 aromatic carbocycles. The van der Waals surface area contributed by atoms with Gasteiger partial charge in [-0.2, -0.15) is 0 Å². The summed E-state index contributed by atoms with van der Waals surface area (Å²) in [5, 5.41) is 12.6. The fourth-order valence-electron chi connectivity index (χ4n) is 2.94. The van der Waals surface area contributed by atoms with Crippen molar-refractivity contribution in [1.29, 1.82) is 0 Å². The number of aliphatic carboxylic acids is 1. The number of nitrogens with one attached hydrogen (secondary N) is 1. The van der Waals surface area contributed by atoms with Crippen LogP contribution in [-0.4, -0.2) is 28.1 Å². The molecule has 0 spiro atoms. The van der Waals surface area contributed by atoms with Crippen LogP contribution >= 0.6 is 11.6 Å². The molecule has 6 heteroatoms. The van der Waals surface area contributed by atoms with Crippen LogP contribution in [0.15, 0.2) is 30.3 Å². The van der Waals surface area contributed by atoms with Crippen molar-refractivity contribution < 1.29 is 14.7 Å². The fraction of sp³-hybridized carbons (Fsp3) is 0.333. The van der Waals surface area contributed by atoms with Crippen molar-refractivity contribution in [2.45, 2.75) is 26.7 Å². The van der Waals surface area contributed by atoms with Crippen LogP contribution in [-0.2, 0) is 4.79 Å². The Bertz CT molecular complexity index is 804. The van der Waals surface area contributed by atoms with Crippen molar-refractivity contribution in [3.05, 3.63) is 52.3 Å². The maximum atomic E-state index is 12.5. The summed E-state index contributed by atoms with van der Waals surface area (Å²) in [4.78, 5) is 23.7. The van der Waals surface area contributed by atoms with E-state index in [1.165, 1.54) is 0 Å². The van der Waals surface area contributed by atoms with Crippen molar-refractivity contribution in [3.8, 4) is 5.69 Å². The maximum Gasteiger partial charge on any atom is 0.311 e. The average Bonchev–Trinajstić information content (AvgIpc) is 3.28. The molecular formula is C18H19ClN2O3. The van der Waals surface area contributed by atoms with Gasteiger partial charge in [-0.15, -0.1) is 0 Å². The van der Waals surface area contributed by atoms with E-state index in [1.807, 2.05) is 36.6 Å². The molecule has 3 rings (SSSR count). The number of carboxylic acid groups (broad SMARTS) is 1. The summed E-state index contributed by atoms with van der Waals surface area (Å²) < 4.78 is 1.98. The van der Waals surface area contributed by atoms with E-state index in [-0.39, 0.29) is 12.5 Å². The number of carbonyl (C=O) groups is 2. The molecule has 2 aromatic rings. The van der Waals surface area contributed by atoms with Gasteiger partial charge >= 0.3 is 5.97 Å². The van der Waals surface area contributed by atoms with Crippen molar-refractivity contribution >= 4 is 23.5 Å². The van der Waals surface area contributed by atoms with Gasteiger partial charge in [-0.25, -0.2) is 0 Å². The Morgan fingerprint density at radius 1 is 1.25 bits per heavy atom. The number of nitrogens with zero attached hydrogens (tertiary/aromatic N) is 1. The number of carbonyl (C=O) groups excluding carboxylic acids is 1. The molecule has 1 amide bonds. The first-order valence-electron chi connectivity index (χ1n) is 7.80. The Labute approximate surface area is 145 Å². The lowest BCUT2D eigenvalue weighted by Crippen LogP contribution is -2.34. The molecule has 1 aliphatic rings. The highest BCUT2D eigenvalue weighted by atomic mass is 35.5. The SMILES string of the molecule is Cc1cc(C(=O)NCC2(C(=O)O)CC2)c(C)n1-c1ccc(Cl)cc1. The molecule has 5 nitrogen and oxygen atoms in total. The van der Waals surface area contributed by atoms with Crippen LogP contribution in [0.5, 0.6) is 0 Å². The van der Waals surface area contributed by atoms with Gasteiger partial charge in [0.05, 0.1) is 11.0 Å². The first-order chi connectivity index (χ1) is 11.3. The van der Waals surface area contributed by atoms with Gasteiger partial charge in [0.2, 0.25) is 0 Å². The van der Waals surface area contributed by atoms with Crippen molar-refractivity contribution in [1.82, 2.24) is 9.88 Å². The number of benzene rings is 1. The topological polar surface area (TPSA) is 71.3 Å². The molecule has 0 atom stereocenters. The molecule has 1 fully saturated rings. The second kappa shape index (κ2) is 5.98. The highest BCUT2D eigenvalue weighted by Crippen LogP contribution is 2.45. The van der Waals surface area contributed by atoms with Gasteiger partial charge in [-0.05, 0) is 57.0 Å². The highest BCUT2D eigenvalue weighted by Gasteiger charge is 2.50. The lowest BCUT2D eigenvalue weighted by Gasteiger charge is -2.12. The number of amides is 1. The zero-order chi connectivity index (χ0) is 17.5. The smallest absolute Gasteiger partial charge is 0.311 e. The largest absolute Gasteiger partial charge is 0.481 e. The summed E-state index contributed by atoms with van der Waals surface area (Å²) in [6, 6.07) is 9.22. The molecule has 0 unspecified atom stereocenters. The summed E-state index contributed by atoms with van der Waals surface area (Å²) in [5.41, 5.74) is 2.46. The highest BCUT2D eigenvalue weighted by molar-refractivity contribution is 6.30. The van der Waals surface area contributed by atoms with Gasteiger partial charge in [-0.3, -0.25) is 9.59 Å². The predicted octanol–water partition coefficient (Wildman–Crippen LogP) is 3.34. The third kappa shape index (κ3) is 2.91. The van der Waals surface area contributed by atoms with Crippen molar-refractivity contribution in [2.75, 3.05) is 6.54 Å². The maximum absolute atomic E-state index is 12.5. The number of aromatic nitrogens is 1. The monoisotopic (exact) mass is 346 g/mol. The molecule has 0 aliphatic heterocycles. The van der Waals surface area contributed by atoms with E-state index in [9.17, 15) is 14.7 Å². The second-order valence-corrected chi connectivity index (χ2v) is 6.80. The summed E-state index contributed by atoms with van der Waals surface area (Å²) >= 11 is 5.93. The average molecular weight is 347 g/mol. The van der Waals surface area contributed by atoms with E-state index in [4.69, 9.17) is 11.6 Å². The molecule has 0 saturated heterocycles. The standard InChI is InChI=1S/C18H19ClN2O3/c1-11-9-15(16(22)20-10-18(7-8-18)17(23)24)12(2)21(11)14-5-3-13(19)4-6-14/h3-6,9H,7-8,10H2,1-2H3,(H,20,22)(H,23,24). The minimum absolute atomic E-state index is 0.172. The number of hydrogen-bond acceptors (Lipinski definition) is 2. The fourth-order valence-corrected chi connectivity index (χ4v) is 3.07. The number of hydrogen-bond donors (Lipinski definition) is 2. The minimum atomic E-state index is -0.838. The molecule has 0 bridgehead atoms. The lowest BCUT2D eigenvalue weighted by molar-refractivity contribution is -0.143. The van der Waals surface area contributed by atoms with Gasteiger partial charge in [0, 0.05) is 28.6 Å². The predicted molar refractivity (Wildman–Crippen MR) is 91.9 cm³/mol. The summed E-state index contributed by atoms with van der Waals surface area (Å²) in [6.45, 7) is 3.98. The summed E-state index contributed by atoms with van der Waals surface area (Å²) in [7, 11) is 0. The Balaban J connectivity index is 1.82. The Morgan fingerprint density at radius 2 is 1.88 bits per heavy atom. The zero-order valence-electron chi connectivity index (χ0n) is 13.6. The van der Waals surface area contributed by atoms with Crippen LogP contribution in [0.3, 0.4) is 0 Å². The van der Waals surface area contributed by atoms with E-state index < -0.39 is 11.4 Å². The second-order valence-electron chi connectivity index (χ2n) is 6.36. The first kappa shape index (κ1) is 16.6. The van der Waals surface area contributed by atoms with E-state index in [1.54, 1.807) is 12.1 Å². The third-order valence-corrected chi connectivity index (χ3v) is 4.91. The number of halogens is 1. The Hall–Kier alpha value is -2.27. The van der Waals surface area contributed by atoms with Gasteiger partial charge in [0.15, 0.2) is 0 Å². The Kier molecular flexibility index (Phi) is 4.13. The first-order valence-corrected chi connectivity index (χ1v) is 8.18. The van der Waals surface area contributed by atoms with Crippen LogP contribution < -0.4 is 5.32 Å². The Morgan fingerprint density at radius 3 is 2.42 bits per heavy atom. The van der Waals surface area contributed by atoms with E-state index in [2.05, 4.69) is 5.32 Å². The van der Waals surface area contributed by atoms with Gasteiger partial charge in [0.25, 0.3) is 5.91 Å². The summed E-state index contributed by atoms with van der Waals surface area (Å²) in [6.07, 6.45) is 1.23. The normalized spacial score (nSPS) is 15.1. The van der Waals surface area contributed by atoms with Gasteiger partial charge in [-0.1, -0.05) is 11.6 Å². The molecule has 1 saturated carbocycles. The molecular weight excluding hydrogens is 328 g/mol. The van der Waals surface area contributed by atoms with E-state index in [0.717, 1.165) is 17.1 Å². The van der Waals surface area contributed by atoms with Crippen molar-refractivity contribution in [3.63, 3.8) is 0 Å². The third-order valence-electron chi connectivity index (χ3n) is 4.66. The number of aryl methyl sites for hydroxylation is 1. The molecule has 1 aliphatic carbocycles. The van der Waals surface area contributed by atoms with Gasteiger partial charge < -0.3 is 15.0 Å². The number of carboxylic acids is 1. The number of rotatable bonds is 5. The van der Waals surface area contributed by atoms with Crippen LogP contribution in [0.1, 0.15) is 34.6 Å². The van der Waals surface area contributed by atoms with E-state index in [0.29, 0.717) is 23.4 Å². The molecule has 24 heavy (non-hydrogen) atoms. The van der Waals surface area contributed by atoms with Crippen LogP contribution in [0, 0.1) is 19.3 Å². The molecule has 1 heterocycles.